The number of carboxylic acids is 1. The van der Waals surface area contributed by atoms with Gasteiger partial charge in [-0.1, -0.05) is 18.2 Å². The number of pyridine rings is 1. The van der Waals surface area contributed by atoms with Crippen molar-refractivity contribution in [2.75, 3.05) is 19.0 Å². The van der Waals surface area contributed by atoms with Gasteiger partial charge in [0.25, 0.3) is 0 Å². The van der Waals surface area contributed by atoms with Crippen molar-refractivity contribution in [3.63, 3.8) is 0 Å². The van der Waals surface area contributed by atoms with E-state index in [1.54, 1.807) is 4.57 Å². The number of para-hydroxylation sites is 1. The van der Waals surface area contributed by atoms with Crippen LogP contribution in [0.4, 0.5) is 10.1 Å². The molecule has 2 N–H and O–H groups in total. The first kappa shape index (κ1) is 24.8. The third-order valence-electron chi connectivity index (χ3n) is 7.29. The Balaban J connectivity index is 1.35. The summed E-state index contributed by atoms with van der Waals surface area (Å²) in [7, 11) is 1.34. The molecule has 0 spiro atoms. The molecule has 0 bridgehead atoms. The Bertz CT molecular complexity index is 1390. The van der Waals surface area contributed by atoms with Gasteiger partial charge in [0.15, 0.2) is 11.6 Å². The molecule has 0 radical (unpaired) electrons. The minimum Gasteiger partial charge on any atom is -0.493 e. The van der Waals surface area contributed by atoms with E-state index < -0.39 is 22.8 Å². The molecule has 0 aliphatic heterocycles. The minimum absolute atomic E-state index is 0.0162. The Morgan fingerprint density at radius 3 is 2.43 bits per heavy atom. The zero-order chi connectivity index (χ0) is 26.1. The van der Waals surface area contributed by atoms with E-state index in [1.807, 2.05) is 30.3 Å². The highest BCUT2D eigenvalue weighted by molar-refractivity contribution is 6.01. The van der Waals surface area contributed by atoms with Crippen LogP contribution in [0.5, 0.6) is 11.5 Å². The number of carboxylic acid groups (broad SMARTS) is 1. The maximum Gasteiger partial charge on any atom is 0.341 e. The fraction of sp³-hybridized carbons (Fsp3) is 0.393. The van der Waals surface area contributed by atoms with E-state index in [2.05, 4.69) is 5.32 Å². The van der Waals surface area contributed by atoms with Crippen molar-refractivity contribution >= 4 is 28.5 Å². The third-order valence-corrected chi connectivity index (χ3v) is 7.29. The number of nitrogens with one attached hydrogen (secondary N) is 1. The molecular weight excluding hydrogens is 479 g/mol. The average molecular weight is 509 g/mol. The summed E-state index contributed by atoms with van der Waals surface area (Å²) in [5.74, 6) is -1.62. The zero-order valence-corrected chi connectivity index (χ0v) is 20.5. The molecule has 0 atom stereocenters. The van der Waals surface area contributed by atoms with Gasteiger partial charge in [-0.05, 0) is 62.6 Å². The van der Waals surface area contributed by atoms with E-state index in [1.165, 1.54) is 13.3 Å². The minimum atomic E-state index is -1.37. The highest BCUT2D eigenvalue weighted by Crippen LogP contribution is 2.43. The second kappa shape index (κ2) is 10.2. The first-order chi connectivity index (χ1) is 17.9. The molecule has 3 aromatic rings. The summed E-state index contributed by atoms with van der Waals surface area (Å²) in [6.45, 7) is 0.586. The summed E-state index contributed by atoms with van der Waals surface area (Å²) in [6, 6.07) is 10.6. The van der Waals surface area contributed by atoms with E-state index in [9.17, 15) is 19.5 Å². The van der Waals surface area contributed by atoms with Crippen LogP contribution >= 0.6 is 0 Å². The first-order valence-corrected chi connectivity index (χ1v) is 12.5. The molecule has 2 fully saturated rings. The summed E-state index contributed by atoms with van der Waals surface area (Å²) in [5, 5.41) is 12.1. The van der Waals surface area contributed by atoms with Gasteiger partial charge in [-0.2, -0.15) is 0 Å². The van der Waals surface area contributed by atoms with Crippen molar-refractivity contribution in [1.29, 1.82) is 0 Å². The van der Waals surface area contributed by atoms with Gasteiger partial charge in [0.2, 0.25) is 11.3 Å². The molecule has 2 aliphatic rings. The molecule has 37 heavy (non-hydrogen) atoms. The highest BCUT2D eigenvalue weighted by atomic mass is 19.1. The lowest BCUT2D eigenvalue weighted by atomic mass is 9.82. The quantitative estimate of drug-likeness (QED) is 0.443. The largest absolute Gasteiger partial charge is 0.493 e. The number of fused-ring (bicyclic) bond motifs is 1. The maximum absolute atomic E-state index is 15.3. The van der Waals surface area contributed by atoms with Gasteiger partial charge in [0.05, 0.1) is 24.6 Å². The van der Waals surface area contributed by atoms with Crippen LogP contribution in [0.3, 0.4) is 0 Å². The number of carbonyl (C=O) groups is 2. The van der Waals surface area contributed by atoms with Crippen LogP contribution in [0.15, 0.2) is 47.4 Å². The number of hydrogen-bond donors (Lipinski definition) is 2. The lowest BCUT2D eigenvalue weighted by Crippen LogP contribution is -2.29. The van der Waals surface area contributed by atoms with Gasteiger partial charge in [-0.25, -0.2) is 9.18 Å². The van der Waals surface area contributed by atoms with Crippen molar-refractivity contribution in [1.82, 2.24) is 4.57 Å². The van der Waals surface area contributed by atoms with Gasteiger partial charge < -0.3 is 24.5 Å². The molecule has 0 saturated heterocycles. The standard InChI is InChI=1S/C28H29FN2O6/c1-36-26-23(22(29)13-20-24(26)31(18-11-12-18)14-21(25(20)32)28(34)35)30-27(33)17-9-7-16(8-10-17)15-37-19-5-3-2-4-6-19/h2-6,13-14,16-18H,7-12,15H2,1H3,(H,30,33)(H,34,35). The van der Waals surface area contributed by atoms with Gasteiger partial charge in [0.1, 0.15) is 17.0 Å². The predicted octanol–water partition coefficient (Wildman–Crippen LogP) is 5.01. The molecule has 2 saturated carbocycles. The normalized spacial score (nSPS) is 19.4. The number of aromatic carboxylic acids is 1. The van der Waals surface area contributed by atoms with Gasteiger partial charge in [-0.15, -0.1) is 0 Å². The molecule has 1 aromatic heterocycles. The van der Waals surface area contributed by atoms with Crippen LogP contribution in [-0.4, -0.2) is 35.3 Å². The van der Waals surface area contributed by atoms with Crippen molar-refractivity contribution in [3.05, 3.63) is 64.2 Å². The fourth-order valence-corrected chi connectivity index (χ4v) is 5.11. The molecule has 194 valence electrons. The Labute approximate surface area is 213 Å². The lowest BCUT2D eigenvalue weighted by molar-refractivity contribution is -0.121. The summed E-state index contributed by atoms with van der Waals surface area (Å²) in [6.07, 6.45) is 5.84. The number of ether oxygens (including phenoxy) is 2. The first-order valence-electron chi connectivity index (χ1n) is 12.5. The number of aromatic nitrogens is 1. The van der Waals surface area contributed by atoms with Crippen LogP contribution in [0, 0.1) is 17.7 Å². The van der Waals surface area contributed by atoms with E-state index >= 15 is 4.39 Å². The molecule has 2 aromatic carbocycles. The summed E-state index contributed by atoms with van der Waals surface area (Å²) in [5.41, 5.74) is -1.05. The number of amides is 1. The maximum atomic E-state index is 15.3. The zero-order valence-electron chi connectivity index (χ0n) is 20.5. The molecule has 9 heteroatoms. The van der Waals surface area contributed by atoms with E-state index in [0.29, 0.717) is 30.9 Å². The Morgan fingerprint density at radius 2 is 1.81 bits per heavy atom. The van der Waals surface area contributed by atoms with Crippen LogP contribution in [0.2, 0.25) is 0 Å². The van der Waals surface area contributed by atoms with E-state index in [0.717, 1.165) is 37.5 Å². The smallest absolute Gasteiger partial charge is 0.341 e. The third kappa shape index (κ3) is 5.03. The molecule has 0 unspecified atom stereocenters. The van der Waals surface area contributed by atoms with Crippen molar-refractivity contribution in [3.8, 4) is 11.5 Å². The monoisotopic (exact) mass is 508 g/mol. The van der Waals surface area contributed by atoms with Crippen LogP contribution in [0.1, 0.15) is 54.9 Å². The Kier molecular flexibility index (Phi) is 6.86. The van der Waals surface area contributed by atoms with Crippen LogP contribution < -0.4 is 20.2 Å². The molecule has 2 aliphatic carbocycles. The number of halogens is 1. The topological polar surface area (TPSA) is 107 Å². The highest BCUT2D eigenvalue weighted by Gasteiger charge is 2.32. The molecular formula is C28H29FN2O6. The van der Waals surface area contributed by atoms with Gasteiger partial charge >= 0.3 is 5.97 Å². The predicted molar refractivity (Wildman–Crippen MR) is 136 cm³/mol. The van der Waals surface area contributed by atoms with Crippen molar-refractivity contribution in [2.24, 2.45) is 11.8 Å². The Hall–Kier alpha value is -3.88. The van der Waals surface area contributed by atoms with E-state index in [-0.39, 0.29) is 34.7 Å². The fourth-order valence-electron chi connectivity index (χ4n) is 5.11. The lowest BCUT2D eigenvalue weighted by Gasteiger charge is -2.28. The average Bonchev–Trinajstić information content (AvgIpc) is 3.75. The number of nitrogens with zero attached hydrogens (tertiary/aromatic N) is 1. The number of anilines is 1. The number of methoxy groups -OCH3 is 1. The summed E-state index contributed by atoms with van der Waals surface area (Å²) in [4.78, 5) is 37.6. The Morgan fingerprint density at radius 1 is 1.11 bits per heavy atom. The number of carbonyl (C=O) groups excluding carboxylic acids is 1. The van der Waals surface area contributed by atoms with Gasteiger partial charge in [-0.3, -0.25) is 9.59 Å². The molecule has 5 rings (SSSR count). The van der Waals surface area contributed by atoms with Crippen LogP contribution in [0.25, 0.3) is 10.9 Å². The van der Waals surface area contributed by atoms with Crippen LogP contribution in [-0.2, 0) is 4.79 Å². The second-order valence-electron chi connectivity index (χ2n) is 9.81. The molecule has 8 nitrogen and oxygen atoms in total. The molecule has 1 amide bonds. The second-order valence-corrected chi connectivity index (χ2v) is 9.81. The van der Waals surface area contributed by atoms with Crippen molar-refractivity contribution in [2.45, 2.75) is 44.6 Å². The van der Waals surface area contributed by atoms with E-state index in [4.69, 9.17) is 9.47 Å². The summed E-state index contributed by atoms with van der Waals surface area (Å²) < 4.78 is 28.3. The van der Waals surface area contributed by atoms with Crippen molar-refractivity contribution < 1.29 is 28.6 Å². The number of benzene rings is 2. The SMILES string of the molecule is COc1c(NC(=O)C2CCC(COc3ccccc3)CC2)c(F)cc2c(=O)c(C(=O)O)cn(C3CC3)c12. The number of rotatable bonds is 8. The van der Waals surface area contributed by atoms with Gasteiger partial charge in [0, 0.05) is 18.2 Å². The molecule has 1 heterocycles. The number of hydrogen-bond acceptors (Lipinski definition) is 5. The summed E-state index contributed by atoms with van der Waals surface area (Å²) >= 11 is 0.